The lowest BCUT2D eigenvalue weighted by Gasteiger charge is -2.08. The molecule has 0 fully saturated rings. The molecule has 0 aromatic heterocycles. The van der Waals surface area contributed by atoms with Gasteiger partial charge in [0.05, 0.1) is 4.90 Å². The zero-order chi connectivity index (χ0) is 12.3. The molecule has 2 N–H and O–H groups in total. The fourth-order valence-electron chi connectivity index (χ4n) is 1.24. The molecule has 0 saturated carbocycles. The quantitative estimate of drug-likeness (QED) is 0.814. The molecular weight excluding hydrogens is 226 g/mol. The third-order valence-electron chi connectivity index (χ3n) is 1.94. The van der Waals surface area contributed by atoms with Crippen LogP contribution in [0, 0.1) is 6.92 Å². The SMILES string of the molecule is C=C(C)COc1ccc(S(N)(=O)=O)c(C)c1. The van der Waals surface area contributed by atoms with Gasteiger partial charge in [-0.15, -0.1) is 0 Å². The lowest BCUT2D eigenvalue weighted by Crippen LogP contribution is -2.13. The fourth-order valence-corrected chi connectivity index (χ4v) is 2.00. The van der Waals surface area contributed by atoms with Gasteiger partial charge >= 0.3 is 0 Å². The number of rotatable bonds is 4. The topological polar surface area (TPSA) is 69.4 Å². The van der Waals surface area contributed by atoms with E-state index in [1.165, 1.54) is 6.07 Å². The molecule has 1 aromatic carbocycles. The molecule has 0 heterocycles. The van der Waals surface area contributed by atoms with Gasteiger partial charge in [0.2, 0.25) is 10.0 Å². The van der Waals surface area contributed by atoms with Gasteiger partial charge < -0.3 is 4.74 Å². The van der Waals surface area contributed by atoms with Gasteiger partial charge in [0.15, 0.2) is 0 Å². The summed E-state index contributed by atoms with van der Waals surface area (Å²) in [4.78, 5) is 0.121. The first-order chi connectivity index (χ1) is 7.30. The number of nitrogens with two attached hydrogens (primary N) is 1. The monoisotopic (exact) mass is 241 g/mol. The predicted molar refractivity (Wildman–Crippen MR) is 62.9 cm³/mol. The summed E-state index contributed by atoms with van der Waals surface area (Å²) in [6, 6.07) is 4.66. The Bertz CT molecular complexity index is 506. The minimum atomic E-state index is -3.65. The summed E-state index contributed by atoms with van der Waals surface area (Å²) in [5.74, 6) is 0.605. The first kappa shape index (κ1) is 12.7. The minimum Gasteiger partial charge on any atom is -0.489 e. The standard InChI is InChI=1S/C11H15NO3S/c1-8(2)7-15-10-4-5-11(9(3)6-10)16(12,13)14/h4-6H,1,7H2,2-3H3,(H2,12,13,14). The second-order valence-electron chi connectivity index (χ2n) is 3.72. The Morgan fingerprint density at radius 1 is 1.50 bits per heavy atom. The minimum absolute atomic E-state index is 0.121. The van der Waals surface area contributed by atoms with E-state index in [0.29, 0.717) is 17.9 Å². The highest BCUT2D eigenvalue weighted by atomic mass is 32.2. The van der Waals surface area contributed by atoms with Gasteiger partial charge in [0.1, 0.15) is 12.4 Å². The first-order valence-corrected chi connectivity index (χ1v) is 6.26. The van der Waals surface area contributed by atoms with Crippen molar-refractivity contribution in [3.63, 3.8) is 0 Å². The number of aryl methyl sites for hydroxylation is 1. The number of hydrogen-bond donors (Lipinski definition) is 1. The molecule has 5 heteroatoms. The van der Waals surface area contributed by atoms with Crippen LogP contribution in [0.3, 0.4) is 0 Å². The summed E-state index contributed by atoms with van der Waals surface area (Å²) in [5, 5.41) is 5.05. The average Bonchev–Trinajstić information content (AvgIpc) is 2.12. The Labute approximate surface area is 95.8 Å². The molecule has 1 rings (SSSR count). The van der Waals surface area contributed by atoms with Crippen LogP contribution in [-0.4, -0.2) is 15.0 Å². The maximum atomic E-state index is 11.2. The first-order valence-electron chi connectivity index (χ1n) is 4.71. The van der Waals surface area contributed by atoms with Gasteiger partial charge in [-0.3, -0.25) is 0 Å². The second-order valence-corrected chi connectivity index (χ2v) is 5.25. The van der Waals surface area contributed by atoms with Crippen LogP contribution in [0.25, 0.3) is 0 Å². The number of benzene rings is 1. The third-order valence-corrected chi connectivity index (χ3v) is 3.01. The molecule has 16 heavy (non-hydrogen) atoms. The Hall–Kier alpha value is -1.33. The molecule has 0 aliphatic carbocycles. The van der Waals surface area contributed by atoms with Gasteiger partial charge in [-0.1, -0.05) is 6.58 Å². The van der Waals surface area contributed by atoms with Gasteiger partial charge in [0, 0.05) is 0 Å². The lowest BCUT2D eigenvalue weighted by molar-refractivity contribution is 0.352. The Morgan fingerprint density at radius 2 is 2.12 bits per heavy atom. The highest BCUT2D eigenvalue weighted by Gasteiger charge is 2.11. The predicted octanol–water partition coefficient (Wildman–Crippen LogP) is 1.60. The normalized spacial score (nSPS) is 11.2. The summed E-state index contributed by atoms with van der Waals surface area (Å²) in [5.41, 5.74) is 1.47. The summed E-state index contributed by atoms with van der Waals surface area (Å²) < 4.78 is 27.7. The van der Waals surface area contributed by atoms with E-state index < -0.39 is 10.0 Å². The molecule has 0 aliphatic heterocycles. The average molecular weight is 241 g/mol. The molecule has 88 valence electrons. The van der Waals surface area contributed by atoms with Crippen LogP contribution in [-0.2, 0) is 10.0 Å². The molecule has 0 spiro atoms. The summed E-state index contributed by atoms with van der Waals surface area (Å²) in [7, 11) is -3.65. The number of primary sulfonamides is 1. The number of ether oxygens (including phenoxy) is 1. The van der Waals surface area contributed by atoms with Crippen molar-refractivity contribution in [2.24, 2.45) is 5.14 Å². The van der Waals surface area contributed by atoms with E-state index in [9.17, 15) is 8.42 Å². The van der Waals surface area contributed by atoms with Crippen LogP contribution in [0.4, 0.5) is 0 Å². The molecule has 0 amide bonds. The molecule has 0 atom stereocenters. The molecule has 4 nitrogen and oxygen atoms in total. The molecule has 0 radical (unpaired) electrons. The van der Waals surface area contributed by atoms with Crippen LogP contribution < -0.4 is 9.88 Å². The molecule has 1 aromatic rings. The lowest BCUT2D eigenvalue weighted by atomic mass is 10.2. The Morgan fingerprint density at radius 3 is 2.56 bits per heavy atom. The smallest absolute Gasteiger partial charge is 0.238 e. The van der Waals surface area contributed by atoms with Crippen LogP contribution >= 0.6 is 0 Å². The maximum absolute atomic E-state index is 11.2. The second kappa shape index (κ2) is 4.67. The third kappa shape index (κ3) is 3.36. The number of hydrogen-bond acceptors (Lipinski definition) is 3. The van der Waals surface area contributed by atoms with Crippen molar-refractivity contribution in [1.29, 1.82) is 0 Å². The molecular formula is C11H15NO3S. The van der Waals surface area contributed by atoms with Crippen molar-refractivity contribution in [3.8, 4) is 5.75 Å². The van der Waals surface area contributed by atoms with Crippen LogP contribution in [0.1, 0.15) is 12.5 Å². The van der Waals surface area contributed by atoms with Crippen molar-refractivity contribution in [3.05, 3.63) is 35.9 Å². The summed E-state index contributed by atoms with van der Waals surface area (Å²) >= 11 is 0. The van der Waals surface area contributed by atoms with E-state index in [1.807, 2.05) is 6.92 Å². The van der Waals surface area contributed by atoms with Crippen molar-refractivity contribution in [2.75, 3.05) is 6.61 Å². The van der Waals surface area contributed by atoms with Crippen molar-refractivity contribution in [1.82, 2.24) is 0 Å². The molecule has 0 unspecified atom stereocenters. The van der Waals surface area contributed by atoms with Crippen LogP contribution in [0.5, 0.6) is 5.75 Å². The zero-order valence-corrected chi connectivity index (χ0v) is 10.2. The maximum Gasteiger partial charge on any atom is 0.238 e. The Kier molecular flexibility index (Phi) is 3.72. The van der Waals surface area contributed by atoms with Crippen molar-refractivity contribution >= 4 is 10.0 Å². The van der Waals surface area contributed by atoms with E-state index in [2.05, 4.69) is 6.58 Å². The van der Waals surface area contributed by atoms with Gasteiger partial charge in [0.25, 0.3) is 0 Å². The zero-order valence-electron chi connectivity index (χ0n) is 9.36. The van der Waals surface area contributed by atoms with Gasteiger partial charge in [-0.05, 0) is 43.2 Å². The van der Waals surface area contributed by atoms with E-state index in [-0.39, 0.29) is 4.90 Å². The highest BCUT2D eigenvalue weighted by molar-refractivity contribution is 7.89. The van der Waals surface area contributed by atoms with Crippen LogP contribution in [0.2, 0.25) is 0 Å². The highest BCUT2D eigenvalue weighted by Crippen LogP contribution is 2.20. The Balaban J connectivity index is 2.96. The molecule has 0 saturated heterocycles. The van der Waals surface area contributed by atoms with Crippen LogP contribution in [0.15, 0.2) is 35.2 Å². The van der Waals surface area contributed by atoms with E-state index >= 15 is 0 Å². The van der Waals surface area contributed by atoms with E-state index in [0.717, 1.165) is 5.57 Å². The summed E-state index contributed by atoms with van der Waals surface area (Å²) in [6.45, 7) is 7.65. The van der Waals surface area contributed by atoms with E-state index in [1.54, 1.807) is 19.1 Å². The summed E-state index contributed by atoms with van der Waals surface area (Å²) in [6.07, 6.45) is 0. The van der Waals surface area contributed by atoms with Crippen molar-refractivity contribution < 1.29 is 13.2 Å². The van der Waals surface area contributed by atoms with Gasteiger partial charge in [-0.25, -0.2) is 13.6 Å². The van der Waals surface area contributed by atoms with Crippen molar-refractivity contribution in [2.45, 2.75) is 18.7 Å². The number of sulfonamides is 1. The van der Waals surface area contributed by atoms with Gasteiger partial charge in [-0.2, -0.15) is 0 Å². The molecule has 0 aliphatic rings. The molecule has 0 bridgehead atoms. The largest absolute Gasteiger partial charge is 0.489 e. The van der Waals surface area contributed by atoms with E-state index in [4.69, 9.17) is 9.88 Å². The fraction of sp³-hybridized carbons (Fsp3) is 0.273.